The molecule has 0 radical (unpaired) electrons. The van der Waals surface area contributed by atoms with E-state index >= 15 is 0 Å². The normalized spacial score (nSPS) is 20.1. The Bertz CT molecular complexity index is 171. The molecule has 1 N–H and O–H groups in total. The van der Waals surface area contributed by atoms with Crippen LogP contribution in [0.25, 0.3) is 0 Å². The second kappa shape index (κ2) is 4.60. The molecule has 1 rings (SSSR count). The lowest BCUT2D eigenvalue weighted by atomic mass is 9.92. The standard InChI is InChI=1S/C11H24N2O/c1-11(2,3)13-8-10(9-13)7-12(4)5-6-14/h10,14H,5-9H2,1-4H3. The largest absolute Gasteiger partial charge is 0.395 e. The molecule has 1 saturated heterocycles. The lowest BCUT2D eigenvalue weighted by Gasteiger charge is -2.48. The first kappa shape index (κ1) is 12.0. The van der Waals surface area contributed by atoms with E-state index in [-0.39, 0.29) is 6.61 Å². The van der Waals surface area contributed by atoms with Gasteiger partial charge in [-0.3, -0.25) is 4.90 Å². The molecule has 1 aliphatic heterocycles. The van der Waals surface area contributed by atoms with Gasteiger partial charge in [-0.2, -0.15) is 0 Å². The van der Waals surface area contributed by atoms with Gasteiger partial charge in [-0.15, -0.1) is 0 Å². The van der Waals surface area contributed by atoms with Crippen LogP contribution >= 0.6 is 0 Å². The Balaban J connectivity index is 2.16. The molecule has 0 aromatic rings. The number of likely N-dealkylation sites (tertiary alicyclic amines) is 1. The fourth-order valence-corrected chi connectivity index (χ4v) is 1.94. The molecule has 1 aliphatic rings. The molecular formula is C11H24N2O. The predicted octanol–water partition coefficient (Wildman–Crippen LogP) is 0.641. The van der Waals surface area contributed by atoms with Crippen molar-refractivity contribution in [1.29, 1.82) is 0 Å². The fourth-order valence-electron chi connectivity index (χ4n) is 1.94. The zero-order valence-electron chi connectivity index (χ0n) is 9.95. The molecule has 14 heavy (non-hydrogen) atoms. The Labute approximate surface area is 87.7 Å². The SMILES string of the molecule is CN(CCO)CC1CN(C(C)(C)C)C1. The first-order valence-corrected chi connectivity index (χ1v) is 5.48. The van der Waals surface area contributed by atoms with Crippen molar-refractivity contribution < 1.29 is 5.11 Å². The van der Waals surface area contributed by atoms with Crippen LogP contribution in [0.3, 0.4) is 0 Å². The predicted molar refractivity (Wildman–Crippen MR) is 59.4 cm³/mol. The van der Waals surface area contributed by atoms with Crippen molar-refractivity contribution in [2.45, 2.75) is 26.3 Å². The molecule has 0 spiro atoms. The second-order valence-electron chi connectivity index (χ2n) is 5.43. The van der Waals surface area contributed by atoms with Gasteiger partial charge in [0, 0.05) is 31.7 Å². The molecule has 0 aromatic heterocycles. The number of aliphatic hydroxyl groups excluding tert-OH is 1. The highest BCUT2D eigenvalue weighted by Crippen LogP contribution is 2.25. The molecule has 0 aromatic carbocycles. The van der Waals surface area contributed by atoms with E-state index in [1.54, 1.807) is 0 Å². The molecule has 0 amide bonds. The first-order chi connectivity index (χ1) is 6.43. The average Bonchev–Trinajstić information content (AvgIpc) is 1.94. The van der Waals surface area contributed by atoms with Crippen LogP contribution in [0.4, 0.5) is 0 Å². The molecule has 3 nitrogen and oxygen atoms in total. The van der Waals surface area contributed by atoms with Crippen LogP contribution in [0.5, 0.6) is 0 Å². The third-order valence-electron chi connectivity index (χ3n) is 2.96. The van der Waals surface area contributed by atoms with Crippen LogP contribution in [-0.4, -0.2) is 60.3 Å². The van der Waals surface area contributed by atoms with Crippen LogP contribution in [-0.2, 0) is 0 Å². The Morgan fingerprint density at radius 1 is 1.36 bits per heavy atom. The van der Waals surface area contributed by atoms with E-state index in [0.717, 1.165) is 19.0 Å². The first-order valence-electron chi connectivity index (χ1n) is 5.48. The van der Waals surface area contributed by atoms with Gasteiger partial charge in [0.2, 0.25) is 0 Å². The summed E-state index contributed by atoms with van der Waals surface area (Å²) in [4.78, 5) is 4.72. The summed E-state index contributed by atoms with van der Waals surface area (Å²) < 4.78 is 0. The van der Waals surface area contributed by atoms with Crippen LogP contribution in [0.2, 0.25) is 0 Å². The summed E-state index contributed by atoms with van der Waals surface area (Å²) in [5.41, 5.74) is 0.325. The minimum Gasteiger partial charge on any atom is -0.395 e. The summed E-state index contributed by atoms with van der Waals surface area (Å²) in [6.45, 7) is 11.4. The highest BCUT2D eigenvalue weighted by Gasteiger charge is 2.34. The van der Waals surface area contributed by atoms with Gasteiger partial charge in [0.05, 0.1) is 6.61 Å². The van der Waals surface area contributed by atoms with E-state index in [1.165, 1.54) is 13.1 Å². The van der Waals surface area contributed by atoms with Crippen molar-refractivity contribution in [2.24, 2.45) is 5.92 Å². The number of aliphatic hydroxyl groups is 1. The Morgan fingerprint density at radius 3 is 2.36 bits per heavy atom. The zero-order valence-corrected chi connectivity index (χ0v) is 9.95. The molecule has 3 heteroatoms. The van der Waals surface area contributed by atoms with Crippen molar-refractivity contribution in [3.8, 4) is 0 Å². The maximum Gasteiger partial charge on any atom is 0.0558 e. The van der Waals surface area contributed by atoms with Crippen LogP contribution in [0, 0.1) is 5.92 Å². The molecule has 0 saturated carbocycles. The van der Waals surface area contributed by atoms with E-state index in [1.807, 2.05) is 0 Å². The van der Waals surface area contributed by atoms with Crippen LogP contribution in [0.1, 0.15) is 20.8 Å². The van der Waals surface area contributed by atoms with Crippen LogP contribution in [0.15, 0.2) is 0 Å². The Kier molecular flexibility index (Phi) is 3.93. The highest BCUT2D eigenvalue weighted by molar-refractivity contribution is 4.89. The van der Waals surface area contributed by atoms with Gasteiger partial charge in [-0.05, 0) is 33.7 Å². The molecule has 0 unspecified atom stereocenters. The van der Waals surface area contributed by atoms with Gasteiger partial charge in [-0.1, -0.05) is 0 Å². The molecule has 0 bridgehead atoms. The molecule has 1 heterocycles. The summed E-state index contributed by atoms with van der Waals surface area (Å²) in [5, 5.41) is 8.77. The summed E-state index contributed by atoms with van der Waals surface area (Å²) in [6, 6.07) is 0. The lowest BCUT2D eigenvalue weighted by molar-refractivity contribution is -0.000110. The summed E-state index contributed by atoms with van der Waals surface area (Å²) in [7, 11) is 2.08. The van der Waals surface area contributed by atoms with Gasteiger partial charge >= 0.3 is 0 Å². The fraction of sp³-hybridized carbons (Fsp3) is 1.00. The summed E-state index contributed by atoms with van der Waals surface area (Å²) in [6.07, 6.45) is 0. The van der Waals surface area contributed by atoms with E-state index in [0.29, 0.717) is 5.54 Å². The monoisotopic (exact) mass is 200 g/mol. The van der Waals surface area contributed by atoms with Gasteiger partial charge in [0.15, 0.2) is 0 Å². The van der Waals surface area contributed by atoms with Gasteiger partial charge < -0.3 is 10.0 Å². The topological polar surface area (TPSA) is 26.7 Å². The average molecular weight is 200 g/mol. The number of rotatable bonds is 4. The maximum absolute atomic E-state index is 8.77. The van der Waals surface area contributed by atoms with Gasteiger partial charge in [-0.25, -0.2) is 0 Å². The third kappa shape index (κ3) is 3.23. The zero-order chi connectivity index (χ0) is 10.8. The minimum atomic E-state index is 0.270. The van der Waals surface area contributed by atoms with Crippen molar-refractivity contribution >= 4 is 0 Å². The number of nitrogens with zero attached hydrogens (tertiary/aromatic N) is 2. The van der Waals surface area contributed by atoms with Crippen molar-refractivity contribution in [3.63, 3.8) is 0 Å². The quantitative estimate of drug-likeness (QED) is 0.721. The van der Waals surface area contributed by atoms with Crippen molar-refractivity contribution in [2.75, 3.05) is 39.8 Å². The smallest absolute Gasteiger partial charge is 0.0558 e. The number of hydrogen-bond acceptors (Lipinski definition) is 3. The van der Waals surface area contributed by atoms with Crippen molar-refractivity contribution in [1.82, 2.24) is 9.80 Å². The third-order valence-corrected chi connectivity index (χ3v) is 2.96. The van der Waals surface area contributed by atoms with E-state index in [9.17, 15) is 0 Å². The lowest BCUT2D eigenvalue weighted by Crippen LogP contribution is -2.58. The second-order valence-corrected chi connectivity index (χ2v) is 5.43. The summed E-state index contributed by atoms with van der Waals surface area (Å²) >= 11 is 0. The Morgan fingerprint density at radius 2 is 1.93 bits per heavy atom. The van der Waals surface area contributed by atoms with E-state index in [2.05, 4.69) is 37.6 Å². The summed E-state index contributed by atoms with van der Waals surface area (Å²) in [5.74, 6) is 0.797. The van der Waals surface area contributed by atoms with Gasteiger partial charge in [0.25, 0.3) is 0 Å². The van der Waals surface area contributed by atoms with Crippen molar-refractivity contribution in [3.05, 3.63) is 0 Å². The number of hydrogen-bond donors (Lipinski definition) is 1. The Hall–Kier alpha value is -0.120. The molecule has 0 atom stereocenters. The maximum atomic E-state index is 8.77. The molecule has 84 valence electrons. The molecular weight excluding hydrogens is 176 g/mol. The van der Waals surface area contributed by atoms with E-state index in [4.69, 9.17) is 5.11 Å². The minimum absolute atomic E-state index is 0.270. The van der Waals surface area contributed by atoms with Gasteiger partial charge in [0.1, 0.15) is 0 Å². The molecule has 1 fully saturated rings. The van der Waals surface area contributed by atoms with E-state index < -0.39 is 0 Å². The highest BCUT2D eigenvalue weighted by atomic mass is 16.3. The molecule has 0 aliphatic carbocycles. The van der Waals surface area contributed by atoms with Crippen LogP contribution < -0.4 is 0 Å². The number of likely N-dealkylation sites (N-methyl/N-ethyl adjacent to an activating group) is 1.